The molecule has 0 aliphatic heterocycles. The van der Waals surface area contributed by atoms with Crippen molar-refractivity contribution in [3.63, 3.8) is 0 Å². The Balaban J connectivity index is 1.88. The lowest BCUT2D eigenvalue weighted by Gasteiger charge is -2.19. The first-order valence-electron chi connectivity index (χ1n) is 8.72. The fourth-order valence-corrected chi connectivity index (χ4v) is 3.29. The van der Waals surface area contributed by atoms with Crippen molar-refractivity contribution in [1.82, 2.24) is 15.1 Å². The van der Waals surface area contributed by atoms with Gasteiger partial charge in [-0.05, 0) is 42.0 Å². The molecule has 0 radical (unpaired) electrons. The number of ether oxygens (including phenoxy) is 1. The summed E-state index contributed by atoms with van der Waals surface area (Å²) in [6.45, 7) is 0. The number of halogens is 2. The van der Waals surface area contributed by atoms with Crippen LogP contribution in [-0.2, 0) is 4.79 Å². The molecule has 1 aromatic heterocycles. The molecule has 2 aromatic carbocycles. The molecule has 1 amide bonds. The minimum absolute atomic E-state index is 0.0324. The number of carboxylic acid groups (broad SMARTS) is 1. The van der Waals surface area contributed by atoms with Gasteiger partial charge in [0.25, 0.3) is 11.5 Å². The number of rotatable bonds is 7. The average molecular weight is 450 g/mol. The third kappa shape index (κ3) is 4.84. The second-order valence-corrected chi connectivity index (χ2v) is 7.17. The average Bonchev–Trinajstić information content (AvgIpc) is 3.09. The highest BCUT2D eigenvalue weighted by atomic mass is 35.5. The monoisotopic (exact) mass is 449 g/mol. The van der Waals surface area contributed by atoms with E-state index in [1.807, 2.05) is 0 Å². The van der Waals surface area contributed by atoms with Gasteiger partial charge in [0.15, 0.2) is 0 Å². The number of amides is 1. The maximum absolute atomic E-state index is 12.7. The molecule has 0 bridgehead atoms. The van der Waals surface area contributed by atoms with Crippen molar-refractivity contribution in [2.45, 2.75) is 12.5 Å². The second-order valence-electron chi connectivity index (χ2n) is 6.33. The number of hydrogen-bond donors (Lipinski definition) is 3. The van der Waals surface area contributed by atoms with Gasteiger partial charge in [0.1, 0.15) is 11.4 Å². The highest BCUT2D eigenvalue weighted by Gasteiger charge is 2.23. The summed E-state index contributed by atoms with van der Waals surface area (Å²) in [5, 5.41) is 15.3. The molecule has 0 fully saturated rings. The minimum Gasteiger partial charge on any atom is -0.497 e. The van der Waals surface area contributed by atoms with Crippen molar-refractivity contribution in [2.75, 3.05) is 7.11 Å². The largest absolute Gasteiger partial charge is 0.497 e. The zero-order valence-corrected chi connectivity index (χ0v) is 17.2. The highest BCUT2D eigenvalue weighted by molar-refractivity contribution is 6.31. The zero-order chi connectivity index (χ0) is 21.8. The number of H-pyrrole nitrogens is 1. The molecule has 0 aliphatic rings. The normalized spacial score (nSPS) is 11.7. The maximum atomic E-state index is 12.7. The Kier molecular flexibility index (Phi) is 6.49. The van der Waals surface area contributed by atoms with Gasteiger partial charge >= 0.3 is 5.97 Å². The molecule has 1 atom stereocenters. The summed E-state index contributed by atoms with van der Waals surface area (Å²) in [7, 11) is 1.48. The summed E-state index contributed by atoms with van der Waals surface area (Å²) < 4.78 is 6.27. The van der Waals surface area contributed by atoms with Gasteiger partial charge in [0.05, 0.1) is 25.3 Å². The fraction of sp³-hybridized carbons (Fsp3) is 0.150. The summed E-state index contributed by atoms with van der Waals surface area (Å²) in [5.41, 5.74) is 0.408. The van der Waals surface area contributed by atoms with E-state index in [0.29, 0.717) is 22.0 Å². The Morgan fingerprint density at radius 1 is 1.17 bits per heavy atom. The van der Waals surface area contributed by atoms with E-state index in [1.54, 1.807) is 36.4 Å². The van der Waals surface area contributed by atoms with E-state index >= 15 is 0 Å². The first-order chi connectivity index (χ1) is 14.3. The van der Waals surface area contributed by atoms with Crippen molar-refractivity contribution in [3.8, 4) is 11.4 Å². The Hall–Kier alpha value is -3.23. The third-order valence-electron chi connectivity index (χ3n) is 4.32. The lowest BCUT2D eigenvalue weighted by atomic mass is 10.0. The topological polar surface area (TPSA) is 113 Å². The van der Waals surface area contributed by atoms with Crippen molar-refractivity contribution >= 4 is 35.1 Å². The molecule has 3 N–H and O–H groups in total. The number of nitrogens with one attached hydrogen (secondary N) is 2. The molecule has 30 heavy (non-hydrogen) atoms. The lowest BCUT2D eigenvalue weighted by molar-refractivity contribution is -0.137. The Morgan fingerprint density at radius 3 is 2.47 bits per heavy atom. The van der Waals surface area contributed by atoms with Crippen LogP contribution in [0.1, 0.15) is 28.5 Å². The molecule has 0 aliphatic carbocycles. The molecule has 10 heteroatoms. The summed E-state index contributed by atoms with van der Waals surface area (Å²) in [6.07, 6.45) is -0.403. The van der Waals surface area contributed by atoms with E-state index in [9.17, 15) is 19.5 Å². The second kappa shape index (κ2) is 9.06. The van der Waals surface area contributed by atoms with Crippen LogP contribution in [0.15, 0.2) is 53.3 Å². The van der Waals surface area contributed by atoms with E-state index in [1.165, 1.54) is 17.9 Å². The molecule has 0 spiro atoms. The van der Waals surface area contributed by atoms with Crippen LogP contribution < -0.4 is 15.6 Å². The van der Waals surface area contributed by atoms with E-state index in [-0.39, 0.29) is 10.7 Å². The maximum Gasteiger partial charge on any atom is 0.305 e. The van der Waals surface area contributed by atoms with Gasteiger partial charge in [0.2, 0.25) is 0 Å². The van der Waals surface area contributed by atoms with Gasteiger partial charge in [-0.2, -0.15) is 0 Å². The zero-order valence-electron chi connectivity index (χ0n) is 15.7. The van der Waals surface area contributed by atoms with Crippen LogP contribution in [0.5, 0.6) is 5.75 Å². The molecule has 3 rings (SSSR count). The van der Waals surface area contributed by atoms with Gasteiger partial charge in [0, 0.05) is 16.1 Å². The minimum atomic E-state index is -1.13. The SMILES string of the molecule is COc1ccc(C(CC(=O)O)NC(=O)c2cc(=O)n(-c3ccc(Cl)cc3)[nH]2)c(Cl)c1. The number of hydrogen-bond acceptors (Lipinski definition) is 4. The van der Waals surface area contributed by atoms with Gasteiger partial charge in [-0.15, -0.1) is 0 Å². The Bertz CT molecular complexity index is 1140. The predicted octanol–water partition coefficient (Wildman–Crippen LogP) is 3.43. The first-order valence-corrected chi connectivity index (χ1v) is 9.48. The van der Waals surface area contributed by atoms with Crippen molar-refractivity contribution in [3.05, 3.63) is 80.2 Å². The first kappa shape index (κ1) is 21.5. The van der Waals surface area contributed by atoms with Crippen molar-refractivity contribution in [1.29, 1.82) is 0 Å². The molecule has 156 valence electrons. The van der Waals surface area contributed by atoms with E-state index in [4.69, 9.17) is 27.9 Å². The lowest BCUT2D eigenvalue weighted by Crippen LogP contribution is -2.30. The molecule has 0 saturated heterocycles. The smallest absolute Gasteiger partial charge is 0.305 e. The quantitative estimate of drug-likeness (QED) is 0.511. The van der Waals surface area contributed by atoms with Crippen molar-refractivity contribution < 1.29 is 19.4 Å². The number of carbonyl (C=O) groups excluding carboxylic acids is 1. The van der Waals surface area contributed by atoms with Crippen LogP contribution in [0.25, 0.3) is 5.69 Å². The van der Waals surface area contributed by atoms with Crippen LogP contribution in [0.2, 0.25) is 10.0 Å². The molecule has 8 nitrogen and oxygen atoms in total. The number of nitrogens with zero attached hydrogens (tertiary/aromatic N) is 1. The number of aromatic amines is 1. The number of benzene rings is 2. The summed E-state index contributed by atoms with van der Waals surface area (Å²) in [6, 6.07) is 11.4. The van der Waals surface area contributed by atoms with Gasteiger partial charge in [-0.25, -0.2) is 4.68 Å². The van der Waals surface area contributed by atoms with E-state index in [2.05, 4.69) is 10.4 Å². The standard InChI is InChI=1S/C20H17Cl2N3O5/c1-30-13-6-7-14(15(22)8-13)16(10-19(27)28)23-20(29)17-9-18(26)25(24-17)12-4-2-11(21)3-5-12/h2-9,16,24H,10H2,1H3,(H,23,29)(H,27,28). The van der Waals surface area contributed by atoms with Gasteiger partial charge < -0.3 is 15.2 Å². The molecule has 1 heterocycles. The number of aromatic nitrogens is 2. The van der Waals surface area contributed by atoms with E-state index < -0.39 is 29.9 Å². The van der Waals surface area contributed by atoms with Crippen LogP contribution in [0.4, 0.5) is 0 Å². The van der Waals surface area contributed by atoms with Gasteiger partial charge in [-0.3, -0.25) is 19.5 Å². The summed E-state index contributed by atoms with van der Waals surface area (Å²) in [5.74, 6) is -1.29. The Morgan fingerprint density at radius 2 is 1.87 bits per heavy atom. The highest BCUT2D eigenvalue weighted by Crippen LogP contribution is 2.29. The fourth-order valence-electron chi connectivity index (χ4n) is 2.86. The number of carbonyl (C=O) groups is 2. The van der Waals surface area contributed by atoms with E-state index in [0.717, 1.165) is 6.07 Å². The predicted molar refractivity (Wildman–Crippen MR) is 112 cm³/mol. The van der Waals surface area contributed by atoms with Crippen LogP contribution >= 0.6 is 23.2 Å². The number of aliphatic carboxylic acids is 1. The molecule has 3 aromatic rings. The third-order valence-corrected chi connectivity index (χ3v) is 4.90. The molecule has 0 saturated carbocycles. The van der Waals surface area contributed by atoms with Crippen LogP contribution in [0.3, 0.4) is 0 Å². The number of carboxylic acids is 1. The van der Waals surface area contributed by atoms with Crippen molar-refractivity contribution in [2.24, 2.45) is 0 Å². The molecular weight excluding hydrogens is 433 g/mol. The summed E-state index contributed by atoms with van der Waals surface area (Å²) >= 11 is 12.1. The number of methoxy groups -OCH3 is 1. The van der Waals surface area contributed by atoms with Crippen LogP contribution in [-0.4, -0.2) is 33.9 Å². The molecular formula is C20H17Cl2N3O5. The van der Waals surface area contributed by atoms with Gasteiger partial charge in [-0.1, -0.05) is 29.3 Å². The summed E-state index contributed by atoms with van der Waals surface area (Å²) in [4.78, 5) is 36.3. The molecule has 1 unspecified atom stereocenters. The van der Waals surface area contributed by atoms with Crippen LogP contribution in [0, 0.1) is 0 Å². The Labute approximate surface area is 181 Å².